The molecule has 1 saturated carbocycles. The first-order valence-corrected chi connectivity index (χ1v) is 8.87. The number of aliphatic hydroxyl groups is 2. The molecule has 0 spiro atoms. The monoisotopic (exact) mass is 306 g/mol. The molecule has 2 rings (SSSR count). The molecule has 0 radical (unpaired) electrons. The van der Waals surface area contributed by atoms with Gasteiger partial charge in [-0.3, -0.25) is 0 Å². The van der Waals surface area contributed by atoms with Crippen LogP contribution in [-0.2, 0) is 0 Å². The molecule has 4 atom stereocenters. The Balaban J connectivity index is 2.37. The van der Waals surface area contributed by atoms with Gasteiger partial charge in [0.25, 0.3) is 0 Å². The number of allylic oxidation sites excluding steroid dienone is 3. The third kappa shape index (κ3) is 3.65. The van der Waals surface area contributed by atoms with Gasteiger partial charge in [-0.2, -0.15) is 0 Å². The SMILES string of the molecule is C/C1=C\CC2CCC(C)(O)C(CC(O)/C(C)=C/CC1)C2(C)C. The number of hydrogen-bond donors (Lipinski definition) is 2. The lowest BCUT2D eigenvalue weighted by Gasteiger charge is -2.53. The van der Waals surface area contributed by atoms with Crippen molar-refractivity contribution in [1.29, 1.82) is 0 Å². The number of hydrogen-bond acceptors (Lipinski definition) is 2. The van der Waals surface area contributed by atoms with Gasteiger partial charge in [0.1, 0.15) is 0 Å². The quantitative estimate of drug-likeness (QED) is 0.641. The molecule has 22 heavy (non-hydrogen) atoms. The fourth-order valence-electron chi connectivity index (χ4n) is 4.60. The van der Waals surface area contributed by atoms with Crippen LogP contribution in [0.1, 0.15) is 73.1 Å². The second kappa shape index (κ2) is 6.49. The molecule has 0 aliphatic heterocycles. The molecule has 2 aliphatic rings. The highest BCUT2D eigenvalue weighted by atomic mass is 16.3. The maximum atomic E-state index is 10.9. The van der Waals surface area contributed by atoms with Gasteiger partial charge in [-0.25, -0.2) is 0 Å². The van der Waals surface area contributed by atoms with E-state index in [1.54, 1.807) is 0 Å². The molecular weight excluding hydrogens is 272 g/mol. The molecular formula is C20H34O2. The van der Waals surface area contributed by atoms with E-state index in [-0.39, 0.29) is 11.3 Å². The predicted molar refractivity (Wildman–Crippen MR) is 92.6 cm³/mol. The standard InChI is InChI=1S/C20H34O2/c1-14-7-6-8-15(2)17(21)13-18-19(3,4)16(10-9-14)11-12-20(18,5)22/h8-9,16-18,21-22H,6-7,10-13H2,1-5H3/b14-9+,15-8+. The third-order valence-corrected chi connectivity index (χ3v) is 6.44. The maximum absolute atomic E-state index is 10.9. The summed E-state index contributed by atoms with van der Waals surface area (Å²) in [4.78, 5) is 0. The van der Waals surface area contributed by atoms with Crippen LogP contribution < -0.4 is 0 Å². The molecule has 0 saturated heterocycles. The van der Waals surface area contributed by atoms with E-state index < -0.39 is 11.7 Å². The van der Waals surface area contributed by atoms with E-state index in [0.29, 0.717) is 12.3 Å². The largest absolute Gasteiger partial charge is 0.390 e. The molecule has 0 aromatic heterocycles. The van der Waals surface area contributed by atoms with Crippen molar-refractivity contribution < 1.29 is 10.2 Å². The molecule has 2 aliphatic carbocycles. The second-order valence-corrected chi connectivity index (χ2v) is 8.49. The molecule has 2 nitrogen and oxygen atoms in total. The van der Waals surface area contributed by atoms with Crippen molar-refractivity contribution in [3.63, 3.8) is 0 Å². The van der Waals surface area contributed by atoms with Crippen LogP contribution in [0.5, 0.6) is 0 Å². The minimum atomic E-state index is -0.676. The van der Waals surface area contributed by atoms with Crippen molar-refractivity contribution in [2.45, 2.75) is 84.8 Å². The van der Waals surface area contributed by atoms with Gasteiger partial charge in [-0.1, -0.05) is 31.6 Å². The fraction of sp³-hybridized carbons (Fsp3) is 0.800. The zero-order chi connectivity index (χ0) is 16.5. The average Bonchev–Trinajstić information content (AvgIpc) is 2.41. The summed E-state index contributed by atoms with van der Waals surface area (Å²) in [6.45, 7) is 10.8. The Bertz CT molecular complexity index is 456. The Morgan fingerprint density at radius 1 is 1.14 bits per heavy atom. The van der Waals surface area contributed by atoms with Crippen molar-refractivity contribution in [2.75, 3.05) is 0 Å². The summed E-state index contributed by atoms with van der Waals surface area (Å²) >= 11 is 0. The highest BCUT2D eigenvalue weighted by Gasteiger charge is 2.50. The van der Waals surface area contributed by atoms with E-state index in [0.717, 1.165) is 37.7 Å². The summed E-state index contributed by atoms with van der Waals surface area (Å²) in [6.07, 6.45) is 9.92. The molecule has 4 unspecified atom stereocenters. The van der Waals surface area contributed by atoms with Crippen LogP contribution in [0, 0.1) is 17.3 Å². The van der Waals surface area contributed by atoms with Crippen LogP contribution in [0.2, 0.25) is 0 Å². The number of aliphatic hydroxyl groups excluding tert-OH is 1. The van der Waals surface area contributed by atoms with E-state index in [2.05, 4.69) is 32.9 Å². The van der Waals surface area contributed by atoms with Crippen LogP contribution in [0.4, 0.5) is 0 Å². The minimum Gasteiger partial charge on any atom is -0.390 e. The summed E-state index contributed by atoms with van der Waals surface area (Å²) in [7, 11) is 0. The molecule has 0 heterocycles. The van der Waals surface area contributed by atoms with Crippen LogP contribution >= 0.6 is 0 Å². The molecule has 2 N–H and O–H groups in total. The van der Waals surface area contributed by atoms with Crippen molar-refractivity contribution >= 4 is 0 Å². The summed E-state index contributed by atoms with van der Waals surface area (Å²) in [5.41, 5.74) is 1.87. The summed E-state index contributed by atoms with van der Waals surface area (Å²) < 4.78 is 0. The van der Waals surface area contributed by atoms with E-state index in [1.165, 1.54) is 5.57 Å². The second-order valence-electron chi connectivity index (χ2n) is 8.49. The fourth-order valence-corrected chi connectivity index (χ4v) is 4.60. The van der Waals surface area contributed by atoms with Gasteiger partial charge in [-0.05, 0) is 82.1 Å². The van der Waals surface area contributed by atoms with Gasteiger partial charge in [0.2, 0.25) is 0 Å². The summed E-state index contributed by atoms with van der Waals surface area (Å²) in [5, 5.41) is 21.5. The first-order valence-electron chi connectivity index (χ1n) is 8.87. The van der Waals surface area contributed by atoms with E-state index in [4.69, 9.17) is 0 Å². The van der Waals surface area contributed by atoms with Crippen LogP contribution in [0.25, 0.3) is 0 Å². The van der Waals surface area contributed by atoms with Gasteiger partial charge in [0.05, 0.1) is 11.7 Å². The predicted octanol–water partition coefficient (Wildman–Crippen LogP) is 4.62. The topological polar surface area (TPSA) is 40.5 Å². The molecule has 126 valence electrons. The Kier molecular flexibility index (Phi) is 5.23. The van der Waals surface area contributed by atoms with Crippen LogP contribution in [-0.4, -0.2) is 21.9 Å². The lowest BCUT2D eigenvalue weighted by Crippen LogP contribution is -2.52. The average molecular weight is 306 g/mol. The van der Waals surface area contributed by atoms with Crippen LogP contribution in [0.15, 0.2) is 23.3 Å². The molecule has 0 aromatic carbocycles. The summed E-state index contributed by atoms with van der Waals surface area (Å²) in [5.74, 6) is 0.716. The minimum absolute atomic E-state index is 0.0407. The van der Waals surface area contributed by atoms with Crippen molar-refractivity contribution in [2.24, 2.45) is 17.3 Å². The lowest BCUT2D eigenvalue weighted by atomic mass is 9.54. The molecule has 0 aromatic rings. The van der Waals surface area contributed by atoms with E-state index in [9.17, 15) is 10.2 Å². The van der Waals surface area contributed by atoms with Crippen LogP contribution in [0.3, 0.4) is 0 Å². The van der Waals surface area contributed by atoms with Crippen molar-refractivity contribution in [1.82, 2.24) is 0 Å². The Morgan fingerprint density at radius 2 is 1.82 bits per heavy atom. The van der Waals surface area contributed by atoms with Gasteiger partial charge < -0.3 is 10.2 Å². The lowest BCUT2D eigenvalue weighted by molar-refractivity contribution is -0.126. The summed E-state index contributed by atoms with van der Waals surface area (Å²) in [6, 6.07) is 0. The van der Waals surface area contributed by atoms with Gasteiger partial charge in [-0.15, -0.1) is 0 Å². The zero-order valence-corrected chi connectivity index (χ0v) is 15.0. The van der Waals surface area contributed by atoms with Gasteiger partial charge in [0.15, 0.2) is 0 Å². The van der Waals surface area contributed by atoms with E-state index >= 15 is 0 Å². The van der Waals surface area contributed by atoms with E-state index in [1.807, 2.05) is 13.8 Å². The first kappa shape index (κ1) is 17.7. The first-order chi connectivity index (χ1) is 10.1. The zero-order valence-electron chi connectivity index (χ0n) is 15.0. The molecule has 2 heteroatoms. The number of fused-ring (bicyclic) bond motifs is 2. The third-order valence-electron chi connectivity index (χ3n) is 6.44. The maximum Gasteiger partial charge on any atom is 0.0751 e. The van der Waals surface area contributed by atoms with Crippen molar-refractivity contribution in [3.8, 4) is 0 Å². The number of rotatable bonds is 0. The van der Waals surface area contributed by atoms with Gasteiger partial charge in [0, 0.05) is 0 Å². The smallest absolute Gasteiger partial charge is 0.0751 e. The van der Waals surface area contributed by atoms with Crippen molar-refractivity contribution in [3.05, 3.63) is 23.3 Å². The molecule has 1 fully saturated rings. The highest BCUT2D eigenvalue weighted by molar-refractivity contribution is 5.12. The molecule has 2 bridgehead atoms. The Morgan fingerprint density at radius 3 is 2.50 bits per heavy atom. The highest BCUT2D eigenvalue weighted by Crippen LogP contribution is 2.53. The molecule has 0 amide bonds. The van der Waals surface area contributed by atoms with Gasteiger partial charge >= 0.3 is 0 Å². The Labute approximate surface area is 136 Å². The normalized spacial score (nSPS) is 44.8. The Hall–Kier alpha value is -0.600.